The molecule has 7 nitrogen and oxygen atoms in total. The van der Waals surface area contributed by atoms with Crippen LogP contribution in [-0.4, -0.2) is 74.5 Å². The van der Waals surface area contributed by atoms with Crippen molar-refractivity contribution in [2.24, 2.45) is 11.8 Å². The molecule has 5 atom stereocenters. The first kappa shape index (κ1) is 27.5. The summed E-state index contributed by atoms with van der Waals surface area (Å²) < 4.78 is 4.50. The summed E-state index contributed by atoms with van der Waals surface area (Å²) in [6.07, 6.45) is 6.73. The maximum absolute atomic E-state index is 14.3. The van der Waals surface area contributed by atoms with Crippen molar-refractivity contribution in [2.75, 3.05) is 26.3 Å². The van der Waals surface area contributed by atoms with E-state index in [-0.39, 0.29) is 37.5 Å². The minimum absolute atomic E-state index is 0.0810. The molecule has 2 bridgehead atoms. The van der Waals surface area contributed by atoms with E-state index in [1.807, 2.05) is 37.3 Å². The zero-order valence-electron chi connectivity index (χ0n) is 21.6. The minimum Gasteiger partial charge on any atom is -0.465 e. The summed E-state index contributed by atoms with van der Waals surface area (Å²) >= 11 is 1.64. The maximum atomic E-state index is 14.3. The molecule has 8 heteroatoms. The van der Waals surface area contributed by atoms with Gasteiger partial charge < -0.3 is 19.6 Å². The molecule has 1 aromatic carbocycles. The number of carbonyl (C=O) groups excluding carboxylic acids is 3. The smallest absolute Gasteiger partial charge is 0.311 e. The van der Waals surface area contributed by atoms with Gasteiger partial charge in [0, 0.05) is 31.0 Å². The average Bonchev–Trinajstić information content (AvgIpc) is 3.46. The van der Waals surface area contributed by atoms with Crippen molar-refractivity contribution >= 4 is 29.5 Å². The van der Waals surface area contributed by atoms with Crippen LogP contribution >= 0.6 is 11.8 Å². The molecule has 0 saturated carbocycles. The van der Waals surface area contributed by atoms with Gasteiger partial charge in [-0.15, -0.1) is 24.9 Å². The zero-order chi connectivity index (χ0) is 26.6. The molecule has 2 unspecified atom stereocenters. The van der Waals surface area contributed by atoms with Crippen molar-refractivity contribution in [1.82, 2.24) is 9.80 Å². The first-order chi connectivity index (χ1) is 17.8. The number of hydrogen-bond donors (Lipinski definition) is 1. The van der Waals surface area contributed by atoms with Crippen LogP contribution in [0.15, 0.2) is 55.6 Å². The number of thioether (sulfide) groups is 1. The first-order valence-electron chi connectivity index (χ1n) is 13.2. The van der Waals surface area contributed by atoms with Crippen LogP contribution in [0.4, 0.5) is 0 Å². The van der Waals surface area contributed by atoms with E-state index in [1.54, 1.807) is 33.7 Å². The van der Waals surface area contributed by atoms with Crippen molar-refractivity contribution in [1.29, 1.82) is 0 Å². The van der Waals surface area contributed by atoms with Crippen LogP contribution < -0.4 is 0 Å². The quantitative estimate of drug-likeness (QED) is 0.240. The zero-order valence-corrected chi connectivity index (χ0v) is 22.5. The topological polar surface area (TPSA) is 87.1 Å². The van der Waals surface area contributed by atoms with Gasteiger partial charge in [-0.3, -0.25) is 14.4 Å². The van der Waals surface area contributed by atoms with Crippen LogP contribution in [0.2, 0.25) is 0 Å². The van der Waals surface area contributed by atoms with Gasteiger partial charge in [-0.1, -0.05) is 42.5 Å². The lowest BCUT2D eigenvalue weighted by atomic mass is 9.66. The van der Waals surface area contributed by atoms with E-state index < -0.39 is 27.4 Å². The number of hydrogen-bond acceptors (Lipinski definition) is 6. The molecule has 37 heavy (non-hydrogen) atoms. The van der Waals surface area contributed by atoms with E-state index in [0.717, 1.165) is 18.4 Å². The van der Waals surface area contributed by atoms with Crippen LogP contribution in [0, 0.1) is 11.8 Å². The number of aliphatic hydroxyl groups is 1. The largest absolute Gasteiger partial charge is 0.465 e. The van der Waals surface area contributed by atoms with Crippen LogP contribution in [0.25, 0.3) is 0 Å². The lowest BCUT2D eigenvalue weighted by Crippen LogP contribution is -2.54. The van der Waals surface area contributed by atoms with Gasteiger partial charge in [-0.25, -0.2) is 0 Å². The summed E-state index contributed by atoms with van der Waals surface area (Å²) in [6, 6.07) is 9.06. The molecule has 3 aliphatic heterocycles. The molecular formula is C29H38N2O5S. The fraction of sp³-hybridized carbons (Fsp3) is 0.552. The third-order valence-corrected chi connectivity index (χ3v) is 9.98. The van der Waals surface area contributed by atoms with Gasteiger partial charge in [0.05, 0.1) is 23.2 Å². The Balaban J connectivity index is 1.67. The van der Waals surface area contributed by atoms with E-state index in [9.17, 15) is 19.5 Å². The second kappa shape index (κ2) is 11.4. The van der Waals surface area contributed by atoms with Gasteiger partial charge in [-0.2, -0.15) is 0 Å². The third kappa shape index (κ3) is 4.98. The Labute approximate surface area is 223 Å². The highest BCUT2D eigenvalue weighted by Gasteiger charge is 2.77. The van der Waals surface area contributed by atoms with E-state index in [1.165, 1.54) is 0 Å². The number of rotatable bonds is 13. The lowest BCUT2D eigenvalue weighted by Gasteiger charge is -2.37. The Morgan fingerprint density at radius 3 is 2.65 bits per heavy atom. The molecule has 4 rings (SSSR count). The number of esters is 1. The number of fused-ring (bicyclic) bond motifs is 1. The van der Waals surface area contributed by atoms with Gasteiger partial charge in [0.2, 0.25) is 11.8 Å². The predicted molar refractivity (Wildman–Crippen MR) is 145 cm³/mol. The Kier molecular flexibility index (Phi) is 8.49. The highest BCUT2D eigenvalue weighted by Crippen LogP contribution is 2.71. The van der Waals surface area contributed by atoms with Crippen LogP contribution in [0.1, 0.15) is 44.6 Å². The molecule has 3 fully saturated rings. The molecule has 2 amide bonds. The number of amides is 2. The summed E-state index contributed by atoms with van der Waals surface area (Å²) in [5.74, 6) is -1.86. The minimum atomic E-state index is -0.703. The molecule has 0 radical (unpaired) electrons. The lowest BCUT2D eigenvalue weighted by molar-refractivity contribution is -0.155. The number of allylic oxidation sites excluding steroid dienone is 1. The monoisotopic (exact) mass is 526 g/mol. The number of benzene rings is 1. The highest BCUT2D eigenvalue weighted by molar-refractivity contribution is 8.02. The fourth-order valence-electron chi connectivity index (χ4n) is 6.40. The van der Waals surface area contributed by atoms with Gasteiger partial charge in [0.25, 0.3) is 0 Å². The summed E-state index contributed by atoms with van der Waals surface area (Å²) in [5.41, 5.74) is 0.995. The molecule has 1 spiro atoms. The summed E-state index contributed by atoms with van der Waals surface area (Å²) in [4.78, 5) is 45.0. The molecule has 1 N–H and O–H groups in total. The summed E-state index contributed by atoms with van der Waals surface area (Å²) in [5, 5.41) is 9.55. The third-order valence-electron chi connectivity index (χ3n) is 8.00. The number of carbonyl (C=O) groups is 3. The van der Waals surface area contributed by atoms with Crippen molar-refractivity contribution in [3.8, 4) is 0 Å². The number of likely N-dealkylation sites (tertiary alicyclic amines) is 1. The van der Waals surface area contributed by atoms with E-state index in [4.69, 9.17) is 4.74 Å². The normalized spacial score (nSPS) is 29.7. The Hall–Kier alpha value is -2.58. The number of nitrogens with zero attached hydrogens (tertiary/aromatic N) is 2. The summed E-state index contributed by atoms with van der Waals surface area (Å²) in [6.45, 7) is 10.8. The van der Waals surface area contributed by atoms with Gasteiger partial charge in [0.15, 0.2) is 0 Å². The SMILES string of the molecule is C=CCCCOC(=O)[C@H]1[C@H]2C(=O)N(CCCO)C(C(=O)N(CC=C)Cc3ccccc3)C23CC[C@]1(C)S3. The second-order valence-corrected chi connectivity index (χ2v) is 12.3. The molecule has 0 aromatic heterocycles. The molecule has 3 saturated heterocycles. The standard InChI is InChI=1S/C29H38N2O5S/c1-4-6-10-19-36-27(35)23-22-25(33)31(17-11-18-32)24(29(22)15-14-28(23,3)37-29)26(34)30(16-5-2)20-21-12-8-7-9-13-21/h4-5,7-9,12-13,22-24,32H,1-2,6,10-11,14-20H2,3H3/t22-,23+,24?,28-,29?/m0/s1. The molecule has 3 heterocycles. The predicted octanol–water partition coefficient (Wildman–Crippen LogP) is 3.57. The van der Waals surface area contributed by atoms with E-state index >= 15 is 0 Å². The number of ether oxygens (including phenoxy) is 1. The second-order valence-electron chi connectivity index (χ2n) is 10.4. The van der Waals surface area contributed by atoms with Crippen molar-refractivity contribution in [2.45, 2.75) is 61.1 Å². The Morgan fingerprint density at radius 2 is 1.97 bits per heavy atom. The van der Waals surface area contributed by atoms with E-state index in [0.29, 0.717) is 32.4 Å². The number of unbranched alkanes of at least 4 members (excludes halogenated alkanes) is 1. The van der Waals surface area contributed by atoms with Crippen molar-refractivity contribution in [3.63, 3.8) is 0 Å². The van der Waals surface area contributed by atoms with Crippen molar-refractivity contribution < 1.29 is 24.2 Å². The van der Waals surface area contributed by atoms with Crippen LogP contribution in [0.5, 0.6) is 0 Å². The van der Waals surface area contributed by atoms with Crippen molar-refractivity contribution in [3.05, 3.63) is 61.2 Å². The van der Waals surface area contributed by atoms with Crippen LogP contribution in [0.3, 0.4) is 0 Å². The number of aliphatic hydroxyl groups excluding tert-OH is 1. The molecule has 200 valence electrons. The maximum Gasteiger partial charge on any atom is 0.311 e. The van der Waals surface area contributed by atoms with Gasteiger partial charge in [-0.05, 0) is 44.6 Å². The van der Waals surface area contributed by atoms with Gasteiger partial charge in [0.1, 0.15) is 6.04 Å². The molecule has 3 aliphatic rings. The molecule has 1 aromatic rings. The summed E-state index contributed by atoms with van der Waals surface area (Å²) in [7, 11) is 0. The first-order valence-corrected chi connectivity index (χ1v) is 14.0. The Bertz CT molecular complexity index is 1030. The molecule has 0 aliphatic carbocycles. The highest BCUT2D eigenvalue weighted by atomic mass is 32.2. The van der Waals surface area contributed by atoms with Gasteiger partial charge >= 0.3 is 5.97 Å². The Morgan fingerprint density at radius 1 is 1.22 bits per heavy atom. The fourth-order valence-corrected chi connectivity index (χ4v) is 8.74. The van der Waals surface area contributed by atoms with E-state index in [2.05, 4.69) is 13.2 Å². The van der Waals surface area contributed by atoms with Crippen LogP contribution in [-0.2, 0) is 25.7 Å². The average molecular weight is 527 g/mol. The molecular weight excluding hydrogens is 488 g/mol.